The molecule has 1 unspecified atom stereocenters. The van der Waals surface area contributed by atoms with Crippen molar-refractivity contribution in [2.45, 2.75) is 29.2 Å². The minimum atomic E-state index is -0.510. The first-order valence-corrected chi connectivity index (χ1v) is 9.27. The molecule has 1 atom stereocenters. The van der Waals surface area contributed by atoms with Crippen molar-refractivity contribution < 1.29 is 9.18 Å². The van der Waals surface area contributed by atoms with E-state index in [2.05, 4.69) is 20.5 Å². The molecule has 0 radical (unpaired) electrons. The lowest BCUT2D eigenvalue weighted by Crippen LogP contribution is -2.19. The summed E-state index contributed by atoms with van der Waals surface area (Å²) >= 11 is 1.30. The van der Waals surface area contributed by atoms with Gasteiger partial charge in [0.05, 0.1) is 0 Å². The molecule has 1 saturated carbocycles. The van der Waals surface area contributed by atoms with Crippen molar-refractivity contribution in [3.05, 3.63) is 71.8 Å². The van der Waals surface area contributed by atoms with E-state index in [0.29, 0.717) is 16.8 Å². The number of aromatic amines is 1. The number of nitrogens with one attached hydrogen (secondary N) is 2. The van der Waals surface area contributed by atoms with E-state index < -0.39 is 5.25 Å². The average Bonchev–Trinajstić information content (AvgIpc) is 3.41. The molecule has 0 spiro atoms. The Hall–Kier alpha value is -2.67. The zero-order valence-electron chi connectivity index (χ0n) is 13.9. The number of rotatable bonds is 6. The van der Waals surface area contributed by atoms with Gasteiger partial charge in [0.25, 0.3) is 0 Å². The summed E-state index contributed by atoms with van der Waals surface area (Å²) in [5, 5.41) is 10.1. The van der Waals surface area contributed by atoms with Gasteiger partial charge in [0.15, 0.2) is 0 Å². The second-order valence-electron chi connectivity index (χ2n) is 6.18. The smallest absolute Gasteiger partial charge is 0.242 e. The molecule has 1 heterocycles. The molecule has 1 aromatic heterocycles. The molecular formula is C19H17FN4OS. The van der Waals surface area contributed by atoms with Gasteiger partial charge in [0.1, 0.15) is 16.9 Å². The van der Waals surface area contributed by atoms with Gasteiger partial charge in [-0.15, -0.1) is 5.10 Å². The molecule has 3 aromatic rings. The van der Waals surface area contributed by atoms with Crippen LogP contribution in [0.3, 0.4) is 0 Å². The van der Waals surface area contributed by atoms with Gasteiger partial charge < -0.3 is 5.32 Å². The Morgan fingerprint density at radius 3 is 2.58 bits per heavy atom. The molecule has 132 valence electrons. The molecular weight excluding hydrogens is 351 g/mol. The number of carbonyl (C=O) groups is 1. The first-order chi connectivity index (χ1) is 12.7. The van der Waals surface area contributed by atoms with Crippen LogP contribution in [-0.4, -0.2) is 21.1 Å². The lowest BCUT2D eigenvalue weighted by Gasteiger charge is -2.15. The number of carbonyl (C=O) groups excluding carboxylic acids is 1. The number of nitrogens with zero attached hydrogens (tertiary/aromatic N) is 2. The Morgan fingerprint density at radius 1 is 1.15 bits per heavy atom. The summed E-state index contributed by atoms with van der Waals surface area (Å²) in [6.07, 6.45) is 2.26. The summed E-state index contributed by atoms with van der Waals surface area (Å²) < 4.78 is 13.1. The largest absolute Gasteiger partial charge is 0.325 e. The first kappa shape index (κ1) is 16.8. The number of halogens is 1. The SMILES string of the molecule is O=C(Nc1ccc(F)cc1)C(Sc1n[nH]c(C2CC2)n1)c1ccccc1. The topological polar surface area (TPSA) is 70.7 Å². The van der Waals surface area contributed by atoms with E-state index in [-0.39, 0.29) is 11.7 Å². The number of thioether (sulfide) groups is 1. The Kier molecular flexibility index (Phi) is 4.71. The molecule has 2 aromatic carbocycles. The highest BCUT2D eigenvalue weighted by Crippen LogP contribution is 2.40. The Bertz CT molecular complexity index is 893. The van der Waals surface area contributed by atoms with Crippen LogP contribution in [0.2, 0.25) is 0 Å². The van der Waals surface area contributed by atoms with Crippen LogP contribution in [-0.2, 0) is 4.79 Å². The molecule has 1 aliphatic rings. The van der Waals surface area contributed by atoms with Crippen LogP contribution in [0.15, 0.2) is 59.8 Å². The molecule has 0 bridgehead atoms. The van der Waals surface area contributed by atoms with E-state index >= 15 is 0 Å². The Balaban J connectivity index is 1.55. The number of hydrogen-bond acceptors (Lipinski definition) is 4. The van der Waals surface area contributed by atoms with E-state index in [1.54, 1.807) is 0 Å². The van der Waals surface area contributed by atoms with Crippen molar-refractivity contribution in [2.24, 2.45) is 0 Å². The van der Waals surface area contributed by atoms with Crippen LogP contribution in [0.25, 0.3) is 0 Å². The fourth-order valence-electron chi connectivity index (χ4n) is 2.60. The van der Waals surface area contributed by atoms with Crippen LogP contribution >= 0.6 is 11.8 Å². The van der Waals surface area contributed by atoms with E-state index in [1.165, 1.54) is 36.0 Å². The highest BCUT2D eigenvalue weighted by molar-refractivity contribution is 8.00. The summed E-state index contributed by atoms with van der Waals surface area (Å²) in [7, 11) is 0. The Morgan fingerprint density at radius 2 is 1.88 bits per heavy atom. The molecule has 2 N–H and O–H groups in total. The lowest BCUT2D eigenvalue weighted by molar-refractivity contribution is -0.115. The third-order valence-electron chi connectivity index (χ3n) is 4.12. The summed E-state index contributed by atoms with van der Waals surface area (Å²) in [4.78, 5) is 17.4. The van der Waals surface area contributed by atoms with Crippen molar-refractivity contribution in [3.63, 3.8) is 0 Å². The average molecular weight is 368 g/mol. The van der Waals surface area contributed by atoms with Crippen molar-refractivity contribution in [3.8, 4) is 0 Å². The number of aromatic nitrogens is 3. The highest BCUT2D eigenvalue weighted by Gasteiger charge is 2.29. The van der Waals surface area contributed by atoms with Gasteiger partial charge in [-0.2, -0.15) is 0 Å². The van der Waals surface area contributed by atoms with Gasteiger partial charge in [-0.3, -0.25) is 9.89 Å². The molecule has 0 aliphatic heterocycles. The molecule has 5 nitrogen and oxygen atoms in total. The number of hydrogen-bond donors (Lipinski definition) is 2. The quantitative estimate of drug-likeness (QED) is 0.637. The van der Waals surface area contributed by atoms with Gasteiger partial charge in [-0.25, -0.2) is 9.37 Å². The predicted molar refractivity (Wildman–Crippen MR) is 98.4 cm³/mol. The number of H-pyrrole nitrogens is 1. The number of benzene rings is 2. The monoisotopic (exact) mass is 368 g/mol. The molecule has 0 saturated heterocycles. The fraction of sp³-hybridized carbons (Fsp3) is 0.211. The number of amides is 1. The molecule has 4 rings (SSSR count). The summed E-state index contributed by atoms with van der Waals surface area (Å²) in [5.74, 6) is 0.814. The van der Waals surface area contributed by atoms with E-state index in [4.69, 9.17) is 0 Å². The van der Waals surface area contributed by atoms with E-state index in [1.807, 2.05) is 30.3 Å². The maximum atomic E-state index is 13.1. The first-order valence-electron chi connectivity index (χ1n) is 8.39. The minimum Gasteiger partial charge on any atom is -0.325 e. The van der Waals surface area contributed by atoms with Crippen LogP contribution in [0.1, 0.15) is 35.4 Å². The van der Waals surface area contributed by atoms with Crippen molar-refractivity contribution in [2.75, 3.05) is 5.32 Å². The van der Waals surface area contributed by atoms with Gasteiger partial charge in [0.2, 0.25) is 11.1 Å². The van der Waals surface area contributed by atoms with Gasteiger partial charge >= 0.3 is 0 Å². The Labute approximate surface area is 154 Å². The maximum absolute atomic E-state index is 13.1. The zero-order valence-corrected chi connectivity index (χ0v) is 14.7. The molecule has 1 fully saturated rings. The second kappa shape index (κ2) is 7.29. The maximum Gasteiger partial charge on any atom is 0.242 e. The third-order valence-corrected chi connectivity index (χ3v) is 5.24. The summed E-state index contributed by atoms with van der Waals surface area (Å²) in [5.41, 5.74) is 1.40. The molecule has 7 heteroatoms. The van der Waals surface area contributed by atoms with Crippen LogP contribution in [0.5, 0.6) is 0 Å². The van der Waals surface area contributed by atoms with Crippen LogP contribution in [0, 0.1) is 5.82 Å². The normalized spacial score (nSPS) is 14.8. The zero-order chi connectivity index (χ0) is 17.9. The van der Waals surface area contributed by atoms with E-state index in [0.717, 1.165) is 24.2 Å². The van der Waals surface area contributed by atoms with Crippen LogP contribution < -0.4 is 5.32 Å². The van der Waals surface area contributed by atoms with Crippen LogP contribution in [0.4, 0.5) is 10.1 Å². The van der Waals surface area contributed by atoms with Crippen molar-refractivity contribution >= 4 is 23.4 Å². The highest BCUT2D eigenvalue weighted by atomic mass is 32.2. The van der Waals surface area contributed by atoms with Gasteiger partial charge in [-0.1, -0.05) is 42.1 Å². The van der Waals surface area contributed by atoms with E-state index in [9.17, 15) is 9.18 Å². The molecule has 26 heavy (non-hydrogen) atoms. The van der Waals surface area contributed by atoms with Gasteiger partial charge in [0, 0.05) is 11.6 Å². The standard InChI is InChI=1S/C19H17FN4OS/c20-14-8-10-15(11-9-14)21-18(25)16(12-4-2-1-3-5-12)26-19-22-17(23-24-19)13-6-7-13/h1-5,8-11,13,16H,6-7H2,(H,21,25)(H,22,23,24). The predicted octanol–water partition coefficient (Wildman–Crippen LogP) is 4.29. The third kappa shape index (κ3) is 3.94. The minimum absolute atomic E-state index is 0.203. The molecule has 1 amide bonds. The fourth-order valence-corrected chi connectivity index (χ4v) is 3.52. The van der Waals surface area contributed by atoms with Crippen molar-refractivity contribution in [1.82, 2.24) is 15.2 Å². The lowest BCUT2D eigenvalue weighted by atomic mass is 10.1. The number of anilines is 1. The van der Waals surface area contributed by atoms with Crippen molar-refractivity contribution in [1.29, 1.82) is 0 Å². The summed E-state index contributed by atoms with van der Waals surface area (Å²) in [6.45, 7) is 0. The second-order valence-corrected chi connectivity index (χ2v) is 7.25. The molecule has 1 aliphatic carbocycles. The van der Waals surface area contributed by atoms with Gasteiger partial charge in [-0.05, 0) is 42.7 Å². The summed E-state index contributed by atoms with van der Waals surface area (Å²) in [6, 6.07) is 15.2.